The molecule has 2 aromatic carbocycles. The largest absolute Gasteiger partial charge is 0.508 e. The molecule has 3 aliphatic rings. The zero-order valence-corrected chi connectivity index (χ0v) is 15.4. The Bertz CT molecular complexity index is 978. The van der Waals surface area contributed by atoms with E-state index in [1.807, 2.05) is 13.0 Å². The molecule has 0 amide bonds. The SMILES string of the molecule is CCC1(O)C(=O)CCC2C(=O)C3Cc4cc5cc(O)ccc5cc4C3CC21. The smallest absolute Gasteiger partial charge is 0.164 e. The van der Waals surface area contributed by atoms with E-state index < -0.39 is 5.60 Å². The van der Waals surface area contributed by atoms with Crippen LogP contribution in [0.15, 0.2) is 30.3 Å². The number of phenols is 1. The minimum absolute atomic E-state index is 0.0408. The van der Waals surface area contributed by atoms with Crippen LogP contribution in [0.25, 0.3) is 10.8 Å². The number of hydrogen-bond acceptors (Lipinski definition) is 4. The zero-order chi connectivity index (χ0) is 18.9. The van der Waals surface area contributed by atoms with Crippen molar-refractivity contribution in [3.63, 3.8) is 0 Å². The van der Waals surface area contributed by atoms with Gasteiger partial charge < -0.3 is 10.2 Å². The minimum atomic E-state index is -1.35. The highest BCUT2D eigenvalue weighted by Crippen LogP contribution is 2.55. The van der Waals surface area contributed by atoms with Gasteiger partial charge in [0.1, 0.15) is 17.1 Å². The van der Waals surface area contributed by atoms with Gasteiger partial charge in [-0.3, -0.25) is 9.59 Å². The molecule has 3 aliphatic carbocycles. The number of aromatic hydroxyl groups is 1. The van der Waals surface area contributed by atoms with E-state index >= 15 is 0 Å². The molecular formula is C23H24O4. The van der Waals surface area contributed by atoms with Crippen molar-refractivity contribution < 1.29 is 19.8 Å². The number of phenolic OH excluding ortho intramolecular Hbond substituents is 1. The molecule has 5 unspecified atom stereocenters. The Morgan fingerprint density at radius 1 is 1.07 bits per heavy atom. The second kappa shape index (κ2) is 5.65. The van der Waals surface area contributed by atoms with Crippen molar-refractivity contribution in [2.45, 2.75) is 50.5 Å². The number of Topliss-reactive ketones (excluding diaryl/α,β-unsaturated/α-hetero) is 2. The molecule has 2 N–H and O–H groups in total. The monoisotopic (exact) mass is 364 g/mol. The van der Waals surface area contributed by atoms with Crippen LogP contribution in [-0.2, 0) is 16.0 Å². The molecule has 0 aromatic heterocycles. The summed E-state index contributed by atoms with van der Waals surface area (Å²) in [5.74, 6) is -0.0348. The molecule has 0 radical (unpaired) electrons. The maximum atomic E-state index is 13.3. The van der Waals surface area contributed by atoms with Gasteiger partial charge in [-0.05, 0) is 65.6 Å². The molecule has 5 atom stereocenters. The van der Waals surface area contributed by atoms with E-state index in [-0.39, 0.29) is 41.0 Å². The number of fused-ring (bicyclic) bond motifs is 5. The molecule has 27 heavy (non-hydrogen) atoms. The summed E-state index contributed by atoms with van der Waals surface area (Å²) >= 11 is 0. The zero-order valence-electron chi connectivity index (χ0n) is 15.4. The quantitative estimate of drug-likeness (QED) is 0.812. The van der Waals surface area contributed by atoms with Crippen molar-refractivity contribution in [1.29, 1.82) is 0 Å². The van der Waals surface area contributed by atoms with Crippen molar-refractivity contribution in [1.82, 2.24) is 0 Å². The van der Waals surface area contributed by atoms with Crippen LogP contribution in [0.3, 0.4) is 0 Å². The summed E-state index contributed by atoms with van der Waals surface area (Å²) in [7, 11) is 0. The lowest BCUT2D eigenvalue weighted by atomic mass is 9.56. The predicted molar refractivity (Wildman–Crippen MR) is 102 cm³/mol. The summed E-state index contributed by atoms with van der Waals surface area (Å²) < 4.78 is 0. The van der Waals surface area contributed by atoms with E-state index in [4.69, 9.17) is 0 Å². The standard InChI is InChI=1S/C23H24O4/c1-2-23(27)20-11-18-17-9-12-3-4-15(24)8-13(12)7-14(17)10-19(18)22(26)16(20)5-6-21(23)25/h3-4,7-9,16,18-20,24,27H,2,5-6,10-11H2,1H3. The van der Waals surface area contributed by atoms with Crippen molar-refractivity contribution in [3.8, 4) is 5.75 Å². The van der Waals surface area contributed by atoms with Crippen LogP contribution in [0.4, 0.5) is 0 Å². The molecule has 2 aromatic rings. The van der Waals surface area contributed by atoms with Crippen molar-refractivity contribution in [2.24, 2.45) is 17.8 Å². The van der Waals surface area contributed by atoms with Gasteiger partial charge in [0, 0.05) is 24.2 Å². The van der Waals surface area contributed by atoms with E-state index in [0.717, 1.165) is 17.2 Å². The van der Waals surface area contributed by atoms with E-state index in [1.54, 1.807) is 12.1 Å². The summed E-state index contributed by atoms with van der Waals surface area (Å²) in [5.41, 5.74) is 0.998. The van der Waals surface area contributed by atoms with E-state index in [0.29, 0.717) is 25.7 Å². The second-order valence-corrected chi connectivity index (χ2v) is 8.59. The van der Waals surface area contributed by atoms with E-state index in [1.165, 1.54) is 11.1 Å². The molecule has 0 saturated heterocycles. The van der Waals surface area contributed by atoms with Crippen molar-refractivity contribution in [3.05, 3.63) is 41.5 Å². The Kier molecular flexibility index (Phi) is 3.54. The summed E-state index contributed by atoms with van der Waals surface area (Å²) in [5, 5.41) is 22.9. The second-order valence-electron chi connectivity index (χ2n) is 8.59. The molecule has 0 spiro atoms. The Hall–Kier alpha value is -2.20. The fourth-order valence-corrected chi connectivity index (χ4v) is 6.01. The van der Waals surface area contributed by atoms with Gasteiger partial charge in [0.25, 0.3) is 0 Å². The first-order valence-electron chi connectivity index (χ1n) is 9.97. The Labute approximate surface area is 158 Å². The lowest BCUT2D eigenvalue weighted by Gasteiger charge is -2.48. The molecule has 5 rings (SSSR count). The predicted octanol–water partition coefficient (Wildman–Crippen LogP) is 3.51. The van der Waals surface area contributed by atoms with Gasteiger partial charge in [-0.1, -0.05) is 25.1 Å². The fourth-order valence-electron chi connectivity index (χ4n) is 6.01. The maximum absolute atomic E-state index is 13.3. The lowest BCUT2D eigenvalue weighted by molar-refractivity contribution is -0.163. The average Bonchev–Trinajstić information content (AvgIpc) is 3.01. The topological polar surface area (TPSA) is 74.6 Å². The summed E-state index contributed by atoms with van der Waals surface area (Å²) in [6, 6.07) is 9.57. The number of ketones is 2. The van der Waals surface area contributed by atoms with Crippen LogP contribution in [0, 0.1) is 17.8 Å². The molecule has 2 saturated carbocycles. The summed E-state index contributed by atoms with van der Waals surface area (Å²) in [4.78, 5) is 25.8. The number of benzene rings is 2. The van der Waals surface area contributed by atoms with Crippen LogP contribution in [0.1, 0.15) is 49.7 Å². The fraction of sp³-hybridized carbons (Fsp3) is 0.478. The highest BCUT2D eigenvalue weighted by atomic mass is 16.3. The minimum Gasteiger partial charge on any atom is -0.508 e. The molecule has 0 heterocycles. The number of aliphatic hydroxyl groups is 1. The molecule has 0 aliphatic heterocycles. The average molecular weight is 364 g/mol. The van der Waals surface area contributed by atoms with Crippen LogP contribution < -0.4 is 0 Å². The lowest BCUT2D eigenvalue weighted by Crippen LogP contribution is -2.57. The molecule has 4 heteroatoms. The van der Waals surface area contributed by atoms with Gasteiger partial charge >= 0.3 is 0 Å². The third kappa shape index (κ3) is 2.26. The molecule has 0 bridgehead atoms. The molecular weight excluding hydrogens is 340 g/mol. The van der Waals surface area contributed by atoms with Crippen molar-refractivity contribution >= 4 is 22.3 Å². The van der Waals surface area contributed by atoms with E-state index in [2.05, 4.69) is 12.1 Å². The highest BCUT2D eigenvalue weighted by Gasteiger charge is 2.57. The molecule has 140 valence electrons. The van der Waals surface area contributed by atoms with Gasteiger partial charge in [0.2, 0.25) is 0 Å². The first-order valence-corrected chi connectivity index (χ1v) is 9.97. The van der Waals surface area contributed by atoms with Gasteiger partial charge in [-0.25, -0.2) is 0 Å². The molecule has 4 nitrogen and oxygen atoms in total. The highest BCUT2D eigenvalue weighted by molar-refractivity contribution is 5.95. The third-order valence-electron chi connectivity index (χ3n) is 7.45. The van der Waals surface area contributed by atoms with Gasteiger partial charge in [-0.2, -0.15) is 0 Å². The number of carbonyl (C=O) groups excluding carboxylic acids is 2. The normalized spacial score (nSPS) is 35.0. The van der Waals surface area contributed by atoms with Gasteiger partial charge in [0.05, 0.1) is 0 Å². The van der Waals surface area contributed by atoms with Crippen LogP contribution in [0.5, 0.6) is 5.75 Å². The molecule has 2 fully saturated rings. The Morgan fingerprint density at radius 2 is 1.89 bits per heavy atom. The number of hydrogen-bond donors (Lipinski definition) is 2. The first-order chi connectivity index (χ1) is 12.9. The summed E-state index contributed by atoms with van der Waals surface area (Å²) in [6.45, 7) is 1.85. The van der Waals surface area contributed by atoms with Crippen LogP contribution in [0.2, 0.25) is 0 Å². The summed E-state index contributed by atoms with van der Waals surface area (Å²) in [6.07, 6.45) is 2.70. The van der Waals surface area contributed by atoms with Crippen LogP contribution >= 0.6 is 0 Å². The maximum Gasteiger partial charge on any atom is 0.164 e. The number of carbonyl (C=O) groups is 2. The van der Waals surface area contributed by atoms with Crippen molar-refractivity contribution in [2.75, 3.05) is 0 Å². The van der Waals surface area contributed by atoms with E-state index in [9.17, 15) is 19.8 Å². The van der Waals surface area contributed by atoms with Crippen LogP contribution in [-0.4, -0.2) is 27.4 Å². The Morgan fingerprint density at radius 3 is 2.67 bits per heavy atom. The van der Waals surface area contributed by atoms with Gasteiger partial charge in [-0.15, -0.1) is 0 Å². The Balaban J connectivity index is 1.60. The third-order valence-corrected chi connectivity index (χ3v) is 7.45. The number of rotatable bonds is 1. The van der Waals surface area contributed by atoms with Gasteiger partial charge in [0.15, 0.2) is 5.78 Å². The first kappa shape index (κ1) is 16.9.